The number of rotatable bonds is 13. The molecular weight excluding hydrogens is 600 g/mol. The Labute approximate surface area is 266 Å². The van der Waals surface area contributed by atoms with Gasteiger partial charge in [0, 0.05) is 50.1 Å². The molecule has 4 heterocycles. The summed E-state index contributed by atoms with van der Waals surface area (Å²) in [6.07, 6.45) is 11.7. The van der Waals surface area contributed by atoms with Crippen LogP contribution in [0, 0.1) is 0 Å². The molecule has 15 heteroatoms. The van der Waals surface area contributed by atoms with Gasteiger partial charge >= 0.3 is 0 Å². The Morgan fingerprint density at radius 1 is 1.09 bits per heavy atom. The standard InChI is InChI=1S/C30H39ClN10O4/c1-21(18-40-20-34-37-38-40)45-28-15-22(3-8-26(28)31)23-16-32-30(33-17-23)35-27-19-41(36-29(27)44-12-2-11-42)25-6-4-24(5-7-25)39-9-13-43-14-10-39/h3,8,15-17,19-21,24-25,42H,2,4-7,9-14,18H2,1H3,(H,32,33,35)/t21-,24-,25-/m0/s1. The molecule has 0 spiro atoms. The van der Waals surface area contributed by atoms with Crippen LogP contribution in [0.15, 0.2) is 43.1 Å². The summed E-state index contributed by atoms with van der Waals surface area (Å²) in [7, 11) is 0. The fourth-order valence-electron chi connectivity index (χ4n) is 5.84. The van der Waals surface area contributed by atoms with E-state index in [2.05, 4.69) is 35.7 Å². The molecule has 2 aliphatic rings. The summed E-state index contributed by atoms with van der Waals surface area (Å²) >= 11 is 6.43. The molecule has 1 saturated carbocycles. The number of hydrogen-bond acceptors (Lipinski definition) is 12. The third-order valence-electron chi connectivity index (χ3n) is 8.17. The number of anilines is 2. The quantitative estimate of drug-likeness (QED) is 0.205. The molecule has 45 heavy (non-hydrogen) atoms. The first-order valence-corrected chi connectivity index (χ1v) is 15.8. The summed E-state index contributed by atoms with van der Waals surface area (Å²) in [5.74, 6) is 1.44. The molecule has 0 radical (unpaired) electrons. The lowest BCUT2D eigenvalue weighted by atomic mass is 9.90. The van der Waals surface area contributed by atoms with Crippen LogP contribution in [0.3, 0.4) is 0 Å². The van der Waals surface area contributed by atoms with Crippen molar-refractivity contribution in [3.05, 3.63) is 48.1 Å². The van der Waals surface area contributed by atoms with Crippen LogP contribution in [0.4, 0.5) is 11.6 Å². The van der Waals surface area contributed by atoms with Gasteiger partial charge in [0.1, 0.15) is 23.9 Å². The average Bonchev–Trinajstić information content (AvgIpc) is 3.73. The van der Waals surface area contributed by atoms with E-state index in [-0.39, 0.29) is 12.7 Å². The summed E-state index contributed by atoms with van der Waals surface area (Å²) in [6, 6.07) is 6.46. The average molecular weight is 639 g/mol. The number of halogens is 1. The number of hydrogen-bond donors (Lipinski definition) is 2. The zero-order valence-electron chi connectivity index (χ0n) is 25.3. The van der Waals surface area contributed by atoms with E-state index in [0.717, 1.165) is 63.1 Å². The Hall–Kier alpha value is -3.85. The van der Waals surface area contributed by atoms with Crippen LogP contribution in [-0.4, -0.2) is 102 Å². The van der Waals surface area contributed by atoms with Crippen molar-refractivity contribution >= 4 is 23.2 Å². The number of nitrogens with one attached hydrogen (secondary N) is 1. The molecule has 1 aliphatic carbocycles. The maximum atomic E-state index is 9.26. The van der Waals surface area contributed by atoms with Crippen LogP contribution in [0.1, 0.15) is 45.1 Å². The largest absolute Gasteiger partial charge is 0.487 e. The van der Waals surface area contributed by atoms with Gasteiger partial charge in [0.05, 0.1) is 43.6 Å². The smallest absolute Gasteiger partial charge is 0.256 e. The van der Waals surface area contributed by atoms with E-state index >= 15 is 0 Å². The van der Waals surface area contributed by atoms with Gasteiger partial charge < -0.3 is 24.6 Å². The first-order chi connectivity index (χ1) is 22.1. The fraction of sp³-hybridized carbons (Fsp3) is 0.533. The number of nitrogens with zero attached hydrogens (tertiary/aromatic N) is 9. The van der Waals surface area contributed by atoms with E-state index in [1.165, 1.54) is 6.33 Å². The van der Waals surface area contributed by atoms with Crippen molar-refractivity contribution in [2.75, 3.05) is 44.8 Å². The normalized spacial score (nSPS) is 19.7. The van der Waals surface area contributed by atoms with Crippen molar-refractivity contribution in [3.8, 4) is 22.8 Å². The van der Waals surface area contributed by atoms with Crippen LogP contribution in [0.25, 0.3) is 11.1 Å². The number of aliphatic hydroxyl groups excluding tert-OH is 1. The molecule has 1 aliphatic heterocycles. The number of tetrazole rings is 1. The molecule has 2 N–H and O–H groups in total. The second-order valence-electron chi connectivity index (χ2n) is 11.4. The van der Waals surface area contributed by atoms with Gasteiger partial charge in [-0.2, -0.15) is 0 Å². The third kappa shape index (κ3) is 8.06. The summed E-state index contributed by atoms with van der Waals surface area (Å²) in [4.78, 5) is 11.7. The first kappa shape index (κ1) is 31.1. The first-order valence-electron chi connectivity index (χ1n) is 15.5. The minimum absolute atomic E-state index is 0.0509. The Bertz CT molecular complexity index is 1490. The SMILES string of the molecule is C[C@@H](Cn1cnnn1)Oc1cc(-c2cnc(Nc3cn([C@H]4CC[C@H](N5CCOCC5)CC4)nc3OCCCO)nc2)ccc1Cl. The molecule has 0 bridgehead atoms. The molecule has 14 nitrogen and oxygen atoms in total. The van der Waals surface area contributed by atoms with Gasteiger partial charge in [-0.25, -0.2) is 14.6 Å². The van der Waals surface area contributed by atoms with E-state index in [1.807, 2.05) is 29.9 Å². The van der Waals surface area contributed by atoms with E-state index in [1.54, 1.807) is 23.1 Å². The number of benzene rings is 1. The van der Waals surface area contributed by atoms with Gasteiger partial charge in [0.25, 0.3) is 5.88 Å². The second kappa shape index (κ2) is 15.0. The molecule has 1 atom stereocenters. The summed E-state index contributed by atoms with van der Waals surface area (Å²) in [6.45, 7) is 6.50. The number of ether oxygens (including phenoxy) is 3. The topological polar surface area (TPSA) is 150 Å². The maximum absolute atomic E-state index is 9.26. The van der Waals surface area contributed by atoms with Crippen molar-refractivity contribution in [1.29, 1.82) is 0 Å². The van der Waals surface area contributed by atoms with Crippen molar-refractivity contribution in [2.24, 2.45) is 0 Å². The van der Waals surface area contributed by atoms with Gasteiger partial charge in [0.15, 0.2) is 0 Å². The molecule has 3 aromatic heterocycles. The molecule has 1 aromatic carbocycles. The highest BCUT2D eigenvalue weighted by atomic mass is 35.5. The van der Waals surface area contributed by atoms with Crippen LogP contribution in [0.5, 0.6) is 11.6 Å². The Balaban J connectivity index is 1.11. The summed E-state index contributed by atoms with van der Waals surface area (Å²) in [5.41, 5.74) is 2.36. The number of morpholine rings is 1. The van der Waals surface area contributed by atoms with Gasteiger partial charge in [0.2, 0.25) is 5.95 Å². The Morgan fingerprint density at radius 2 is 1.87 bits per heavy atom. The summed E-state index contributed by atoms with van der Waals surface area (Å²) in [5, 5.41) is 29.0. The van der Waals surface area contributed by atoms with Crippen LogP contribution < -0.4 is 14.8 Å². The minimum atomic E-state index is -0.210. The van der Waals surface area contributed by atoms with Crippen molar-refractivity contribution < 1.29 is 19.3 Å². The second-order valence-corrected chi connectivity index (χ2v) is 11.8. The van der Waals surface area contributed by atoms with Gasteiger partial charge in [-0.1, -0.05) is 17.7 Å². The Kier molecular flexibility index (Phi) is 10.4. The molecule has 0 unspecified atom stereocenters. The van der Waals surface area contributed by atoms with Crippen molar-refractivity contribution in [1.82, 2.24) is 44.9 Å². The van der Waals surface area contributed by atoms with Crippen LogP contribution >= 0.6 is 11.6 Å². The molecule has 0 amide bonds. The van der Waals surface area contributed by atoms with Crippen LogP contribution in [0.2, 0.25) is 5.02 Å². The maximum Gasteiger partial charge on any atom is 0.256 e. The number of aliphatic hydroxyl groups is 1. The highest BCUT2D eigenvalue weighted by molar-refractivity contribution is 6.32. The lowest BCUT2D eigenvalue weighted by Gasteiger charge is -2.38. The lowest BCUT2D eigenvalue weighted by molar-refractivity contribution is 0.00503. The molecule has 6 rings (SSSR count). The third-order valence-corrected chi connectivity index (χ3v) is 8.48. The highest BCUT2D eigenvalue weighted by Crippen LogP contribution is 2.35. The van der Waals surface area contributed by atoms with Crippen molar-refractivity contribution in [3.63, 3.8) is 0 Å². The molecule has 240 valence electrons. The van der Waals surface area contributed by atoms with E-state index in [4.69, 9.17) is 30.9 Å². The molecule has 1 saturated heterocycles. The van der Waals surface area contributed by atoms with E-state index < -0.39 is 0 Å². The van der Waals surface area contributed by atoms with E-state index in [0.29, 0.717) is 59.9 Å². The van der Waals surface area contributed by atoms with Gasteiger partial charge in [-0.05, 0) is 60.7 Å². The predicted octanol–water partition coefficient (Wildman–Crippen LogP) is 3.77. The Morgan fingerprint density at radius 3 is 2.60 bits per heavy atom. The number of aromatic nitrogens is 8. The fourth-order valence-corrected chi connectivity index (χ4v) is 6.00. The van der Waals surface area contributed by atoms with Crippen molar-refractivity contribution in [2.45, 2.75) is 63.8 Å². The monoisotopic (exact) mass is 638 g/mol. The van der Waals surface area contributed by atoms with E-state index in [9.17, 15) is 5.11 Å². The van der Waals surface area contributed by atoms with Gasteiger partial charge in [-0.3, -0.25) is 9.58 Å². The van der Waals surface area contributed by atoms with Crippen LogP contribution in [-0.2, 0) is 11.3 Å². The minimum Gasteiger partial charge on any atom is -0.487 e. The molecular formula is C30H39ClN10O4. The zero-order valence-corrected chi connectivity index (χ0v) is 26.1. The predicted molar refractivity (Wildman–Crippen MR) is 167 cm³/mol. The zero-order chi connectivity index (χ0) is 31.0. The summed E-state index contributed by atoms with van der Waals surface area (Å²) < 4.78 is 21.2. The molecule has 2 fully saturated rings. The lowest BCUT2D eigenvalue weighted by Crippen LogP contribution is -2.45. The van der Waals surface area contributed by atoms with Gasteiger partial charge in [-0.15, -0.1) is 10.2 Å². The molecule has 4 aromatic rings. The highest BCUT2D eigenvalue weighted by Gasteiger charge is 2.29.